The molecule has 1 heterocycles. The van der Waals surface area contributed by atoms with E-state index in [0.717, 1.165) is 23.8 Å². The quantitative estimate of drug-likeness (QED) is 0.853. The van der Waals surface area contributed by atoms with E-state index in [0.29, 0.717) is 11.6 Å². The fraction of sp³-hybridized carbons (Fsp3) is 0.412. The third-order valence-corrected chi connectivity index (χ3v) is 3.31. The highest BCUT2D eigenvalue weighted by atomic mass is 19.1. The molecule has 0 bridgehead atoms. The van der Waals surface area contributed by atoms with Gasteiger partial charge in [-0.3, -0.25) is 0 Å². The van der Waals surface area contributed by atoms with Crippen molar-refractivity contribution >= 4 is 17.5 Å². The fourth-order valence-electron chi connectivity index (χ4n) is 1.94. The average Bonchev–Trinajstić information content (AvgIpc) is 3.34. The second kappa shape index (κ2) is 7.73. The maximum Gasteiger partial charge on any atom is 0.229 e. The number of aromatic nitrogens is 2. The van der Waals surface area contributed by atoms with Gasteiger partial charge >= 0.3 is 0 Å². The lowest BCUT2D eigenvalue weighted by molar-refractivity contribution is 0.628. The van der Waals surface area contributed by atoms with Crippen molar-refractivity contribution in [2.24, 2.45) is 5.92 Å². The van der Waals surface area contributed by atoms with Crippen LogP contribution in [0.3, 0.4) is 0 Å². The molecule has 0 radical (unpaired) electrons. The molecule has 2 aromatic rings. The second-order valence-corrected chi connectivity index (χ2v) is 5.18. The summed E-state index contributed by atoms with van der Waals surface area (Å²) < 4.78 is 13.1. The molecule has 1 aliphatic carbocycles. The van der Waals surface area contributed by atoms with Crippen molar-refractivity contribution in [2.75, 3.05) is 17.2 Å². The van der Waals surface area contributed by atoms with E-state index in [2.05, 4.69) is 20.6 Å². The molecule has 0 aliphatic heterocycles. The fourth-order valence-corrected chi connectivity index (χ4v) is 1.94. The molecule has 3 rings (SSSR count). The molecule has 1 saturated carbocycles. The van der Waals surface area contributed by atoms with E-state index in [1.54, 1.807) is 18.3 Å². The zero-order valence-electron chi connectivity index (χ0n) is 13.4. The van der Waals surface area contributed by atoms with Crippen molar-refractivity contribution in [2.45, 2.75) is 33.6 Å². The monoisotopic (exact) mass is 302 g/mol. The molecule has 0 unspecified atom stereocenters. The number of halogens is 1. The first-order valence-electron chi connectivity index (χ1n) is 7.81. The Bertz CT molecular complexity index is 611. The number of nitrogens with zero attached hydrogens (tertiary/aromatic N) is 2. The molecule has 4 nitrogen and oxygen atoms in total. The lowest BCUT2D eigenvalue weighted by atomic mass is 10.3. The minimum absolute atomic E-state index is 0.283. The largest absolute Gasteiger partial charge is 0.369 e. The number of nitrogens with one attached hydrogen (secondary N) is 2. The highest BCUT2D eigenvalue weighted by molar-refractivity contribution is 5.55. The molecule has 1 aromatic carbocycles. The Morgan fingerprint density at radius 2 is 2.05 bits per heavy atom. The van der Waals surface area contributed by atoms with Crippen LogP contribution in [-0.4, -0.2) is 16.5 Å². The molecule has 0 atom stereocenters. The van der Waals surface area contributed by atoms with Crippen molar-refractivity contribution in [1.82, 2.24) is 9.97 Å². The minimum atomic E-state index is -0.283. The van der Waals surface area contributed by atoms with Gasteiger partial charge in [0.2, 0.25) is 5.95 Å². The third kappa shape index (κ3) is 4.69. The summed E-state index contributed by atoms with van der Waals surface area (Å²) in [6, 6.07) is 6.26. The number of hydrogen-bond donors (Lipinski definition) is 2. The molecule has 0 spiro atoms. The Balaban J connectivity index is 0.000000847. The Labute approximate surface area is 131 Å². The van der Waals surface area contributed by atoms with Gasteiger partial charge in [0.25, 0.3) is 0 Å². The highest BCUT2D eigenvalue weighted by Crippen LogP contribution is 2.29. The van der Waals surface area contributed by atoms with Crippen LogP contribution in [0.25, 0.3) is 0 Å². The molecule has 2 N–H and O–H groups in total. The van der Waals surface area contributed by atoms with Gasteiger partial charge in [-0.05, 0) is 43.9 Å². The van der Waals surface area contributed by atoms with Gasteiger partial charge in [0.15, 0.2) is 0 Å². The summed E-state index contributed by atoms with van der Waals surface area (Å²) in [6.07, 6.45) is 4.36. The summed E-state index contributed by atoms with van der Waals surface area (Å²) in [5.41, 5.74) is 1.65. The summed E-state index contributed by atoms with van der Waals surface area (Å²) in [4.78, 5) is 8.66. The minimum Gasteiger partial charge on any atom is -0.369 e. The Kier molecular flexibility index (Phi) is 5.69. The van der Waals surface area contributed by atoms with E-state index in [1.807, 2.05) is 20.8 Å². The predicted molar refractivity (Wildman–Crippen MR) is 89.0 cm³/mol. The van der Waals surface area contributed by atoms with Crippen LogP contribution in [0, 0.1) is 18.7 Å². The van der Waals surface area contributed by atoms with Crippen molar-refractivity contribution in [3.05, 3.63) is 41.8 Å². The lowest BCUT2D eigenvalue weighted by Crippen LogP contribution is -2.08. The van der Waals surface area contributed by atoms with Crippen molar-refractivity contribution < 1.29 is 4.39 Å². The molecular weight excluding hydrogens is 279 g/mol. The zero-order chi connectivity index (χ0) is 15.9. The molecule has 0 saturated heterocycles. The number of benzene rings is 1. The average molecular weight is 302 g/mol. The predicted octanol–water partition coefficient (Wildman–Crippen LogP) is 4.52. The summed E-state index contributed by atoms with van der Waals surface area (Å²) in [5, 5.41) is 6.36. The number of hydrogen-bond acceptors (Lipinski definition) is 4. The highest BCUT2D eigenvalue weighted by Gasteiger charge is 2.21. The molecule has 1 aliphatic rings. The first kappa shape index (κ1) is 16.2. The first-order chi connectivity index (χ1) is 10.7. The molecule has 5 heteroatoms. The second-order valence-electron chi connectivity index (χ2n) is 5.18. The molecular formula is C17H23FN4. The van der Waals surface area contributed by atoms with Crippen molar-refractivity contribution in [1.29, 1.82) is 0 Å². The molecule has 1 fully saturated rings. The van der Waals surface area contributed by atoms with Crippen LogP contribution in [0.15, 0.2) is 30.5 Å². The Hall–Kier alpha value is -2.17. The maximum absolute atomic E-state index is 13.1. The van der Waals surface area contributed by atoms with Crippen LogP contribution in [0.4, 0.5) is 21.8 Å². The van der Waals surface area contributed by atoms with E-state index in [1.165, 1.54) is 25.0 Å². The standard InChI is InChI=1S/C15H17FN4.C2H6/c1-10-8-18-15(19-13-4-2-3-12(16)7-13)20-14(10)17-9-11-5-6-11;1-2/h2-4,7-8,11H,5-6,9H2,1H3,(H2,17,18,19,20);1-2H3. The van der Waals surface area contributed by atoms with E-state index < -0.39 is 0 Å². The van der Waals surface area contributed by atoms with Gasteiger partial charge in [-0.1, -0.05) is 19.9 Å². The topological polar surface area (TPSA) is 49.8 Å². The third-order valence-electron chi connectivity index (χ3n) is 3.31. The molecule has 1 aromatic heterocycles. The summed E-state index contributed by atoms with van der Waals surface area (Å²) >= 11 is 0. The zero-order valence-corrected chi connectivity index (χ0v) is 13.4. The number of anilines is 3. The first-order valence-corrected chi connectivity index (χ1v) is 7.81. The summed E-state index contributed by atoms with van der Waals surface area (Å²) in [6.45, 7) is 6.93. The van der Waals surface area contributed by atoms with Gasteiger partial charge in [0.05, 0.1) is 0 Å². The van der Waals surface area contributed by atoms with Gasteiger partial charge in [-0.15, -0.1) is 0 Å². The van der Waals surface area contributed by atoms with E-state index >= 15 is 0 Å². The van der Waals surface area contributed by atoms with Crippen LogP contribution < -0.4 is 10.6 Å². The van der Waals surface area contributed by atoms with Gasteiger partial charge in [-0.2, -0.15) is 4.98 Å². The SMILES string of the molecule is CC.Cc1cnc(Nc2cccc(F)c2)nc1NCC1CC1. The smallest absolute Gasteiger partial charge is 0.229 e. The van der Waals surface area contributed by atoms with Crippen LogP contribution in [0.2, 0.25) is 0 Å². The summed E-state index contributed by atoms with van der Waals surface area (Å²) in [7, 11) is 0. The van der Waals surface area contributed by atoms with Gasteiger partial charge in [-0.25, -0.2) is 9.37 Å². The van der Waals surface area contributed by atoms with Crippen molar-refractivity contribution in [3.63, 3.8) is 0 Å². The molecule has 22 heavy (non-hydrogen) atoms. The Morgan fingerprint density at radius 3 is 2.73 bits per heavy atom. The molecule has 118 valence electrons. The number of rotatable bonds is 5. The van der Waals surface area contributed by atoms with E-state index in [-0.39, 0.29) is 5.82 Å². The molecule has 0 amide bonds. The summed E-state index contributed by atoms with van der Waals surface area (Å²) in [5.74, 6) is 1.81. The maximum atomic E-state index is 13.1. The normalized spacial score (nSPS) is 13.1. The van der Waals surface area contributed by atoms with E-state index in [4.69, 9.17) is 0 Å². The van der Waals surface area contributed by atoms with Crippen LogP contribution in [-0.2, 0) is 0 Å². The van der Waals surface area contributed by atoms with Gasteiger partial charge < -0.3 is 10.6 Å². The number of aryl methyl sites for hydroxylation is 1. The van der Waals surface area contributed by atoms with Gasteiger partial charge in [0, 0.05) is 24.0 Å². The van der Waals surface area contributed by atoms with Crippen LogP contribution >= 0.6 is 0 Å². The van der Waals surface area contributed by atoms with Crippen LogP contribution in [0.5, 0.6) is 0 Å². The lowest BCUT2D eigenvalue weighted by Gasteiger charge is -2.10. The van der Waals surface area contributed by atoms with Crippen LogP contribution in [0.1, 0.15) is 32.3 Å². The van der Waals surface area contributed by atoms with E-state index in [9.17, 15) is 4.39 Å². The Morgan fingerprint density at radius 1 is 1.27 bits per heavy atom. The van der Waals surface area contributed by atoms with Crippen molar-refractivity contribution in [3.8, 4) is 0 Å². The van der Waals surface area contributed by atoms with Gasteiger partial charge in [0.1, 0.15) is 11.6 Å².